The maximum absolute atomic E-state index is 2.40. The van der Waals surface area contributed by atoms with Crippen LogP contribution in [0.4, 0.5) is 0 Å². The van der Waals surface area contributed by atoms with Gasteiger partial charge >= 0.3 is 0 Å². The van der Waals surface area contributed by atoms with E-state index < -0.39 is 0 Å². The van der Waals surface area contributed by atoms with Crippen LogP contribution in [-0.2, 0) is 0 Å². The van der Waals surface area contributed by atoms with Gasteiger partial charge in [-0.15, -0.1) is 0 Å². The largest absolute Gasteiger partial charge is 0.0770 e. The van der Waals surface area contributed by atoms with Gasteiger partial charge < -0.3 is 0 Å². The van der Waals surface area contributed by atoms with E-state index in [0.29, 0.717) is 0 Å². The summed E-state index contributed by atoms with van der Waals surface area (Å²) in [6, 6.07) is 0. The molecule has 1 unspecified atom stereocenters. The fourth-order valence-electron chi connectivity index (χ4n) is 1.65. The van der Waals surface area contributed by atoms with E-state index in [2.05, 4.69) is 45.9 Å². The highest BCUT2D eigenvalue weighted by atomic mass is 14.1. The summed E-state index contributed by atoms with van der Waals surface area (Å²) >= 11 is 0. The van der Waals surface area contributed by atoms with E-state index in [9.17, 15) is 0 Å². The highest BCUT2D eigenvalue weighted by molar-refractivity contribution is 5.36. The zero-order valence-electron chi connectivity index (χ0n) is 9.93. The van der Waals surface area contributed by atoms with Gasteiger partial charge in [0.05, 0.1) is 0 Å². The number of rotatable bonds is 3. The van der Waals surface area contributed by atoms with Crippen molar-refractivity contribution in [3.63, 3.8) is 0 Å². The van der Waals surface area contributed by atoms with Crippen LogP contribution in [0, 0.1) is 5.92 Å². The Morgan fingerprint density at radius 2 is 2.00 bits per heavy atom. The first kappa shape index (κ1) is 11.3. The minimum atomic E-state index is 0.808. The Morgan fingerprint density at radius 1 is 1.29 bits per heavy atom. The van der Waals surface area contributed by atoms with Crippen LogP contribution in [0.15, 0.2) is 34.9 Å². The highest BCUT2D eigenvalue weighted by Gasteiger charge is 2.07. The molecule has 1 atom stereocenters. The summed E-state index contributed by atoms with van der Waals surface area (Å²) in [6.07, 6.45) is 10.5. The van der Waals surface area contributed by atoms with Crippen LogP contribution in [0.1, 0.15) is 47.0 Å². The van der Waals surface area contributed by atoms with Crippen LogP contribution in [-0.4, -0.2) is 0 Å². The van der Waals surface area contributed by atoms with Crippen molar-refractivity contribution in [2.45, 2.75) is 47.0 Å². The van der Waals surface area contributed by atoms with Crippen LogP contribution in [0.25, 0.3) is 0 Å². The minimum Gasteiger partial charge on any atom is -0.0770 e. The quantitative estimate of drug-likeness (QED) is 0.608. The van der Waals surface area contributed by atoms with Crippen LogP contribution < -0.4 is 0 Å². The lowest BCUT2D eigenvalue weighted by atomic mass is 9.94. The van der Waals surface area contributed by atoms with E-state index in [0.717, 1.165) is 12.3 Å². The molecule has 0 aromatic carbocycles. The van der Waals surface area contributed by atoms with Crippen molar-refractivity contribution in [1.82, 2.24) is 0 Å². The molecule has 0 amide bonds. The molecule has 1 aliphatic carbocycles. The molecule has 0 spiro atoms. The first-order valence-corrected chi connectivity index (χ1v) is 5.67. The molecule has 0 nitrogen and oxygen atoms in total. The average Bonchev–Trinajstić information content (AvgIpc) is 2.33. The third-order valence-corrected chi connectivity index (χ3v) is 3.06. The summed E-state index contributed by atoms with van der Waals surface area (Å²) in [7, 11) is 0. The summed E-state index contributed by atoms with van der Waals surface area (Å²) in [6.45, 7) is 9.03. The smallest absolute Gasteiger partial charge is 0.0133 e. The van der Waals surface area contributed by atoms with Gasteiger partial charge in [0.2, 0.25) is 0 Å². The molecule has 0 heteroatoms. The molecule has 0 aliphatic heterocycles. The second-order valence-corrected chi connectivity index (χ2v) is 4.51. The molecule has 78 valence electrons. The molecule has 1 aliphatic rings. The first-order chi connectivity index (χ1) is 6.63. The standard InChI is InChI=1S/C14H22/c1-5-11(2)10-14-9-7-12(3)6-8-13(14)4/h6,8-9,11H,5,7,10H2,1-4H3. The molecule has 0 saturated heterocycles. The molecule has 0 bridgehead atoms. The van der Waals surface area contributed by atoms with Gasteiger partial charge in [-0.25, -0.2) is 0 Å². The second kappa shape index (κ2) is 5.19. The number of allylic oxidation sites excluding steroid dienone is 6. The van der Waals surface area contributed by atoms with Crippen molar-refractivity contribution in [3.05, 3.63) is 34.9 Å². The molecule has 1 rings (SSSR count). The van der Waals surface area contributed by atoms with Crippen LogP contribution in [0.3, 0.4) is 0 Å². The van der Waals surface area contributed by atoms with E-state index >= 15 is 0 Å². The molecule has 0 aromatic heterocycles. The lowest BCUT2D eigenvalue weighted by Gasteiger charge is -2.12. The van der Waals surface area contributed by atoms with Gasteiger partial charge in [0.15, 0.2) is 0 Å². The van der Waals surface area contributed by atoms with Gasteiger partial charge in [-0.05, 0) is 43.8 Å². The van der Waals surface area contributed by atoms with E-state index in [1.165, 1.54) is 24.0 Å². The Kier molecular flexibility index (Phi) is 4.19. The van der Waals surface area contributed by atoms with Gasteiger partial charge in [0.25, 0.3) is 0 Å². The zero-order valence-corrected chi connectivity index (χ0v) is 9.93. The molecule has 0 radical (unpaired) electrons. The fourth-order valence-corrected chi connectivity index (χ4v) is 1.65. The molecule has 0 saturated carbocycles. The summed E-state index contributed by atoms with van der Waals surface area (Å²) in [5.74, 6) is 0.808. The monoisotopic (exact) mass is 190 g/mol. The third kappa shape index (κ3) is 3.17. The molecule has 0 fully saturated rings. The maximum atomic E-state index is 2.40. The minimum absolute atomic E-state index is 0.808. The summed E-state index contributed by atoms with van der Waals surface area (Å²) in [5, 5.41) is 0. The van der Waals surface area contributed by atoms with Crippen molar-refractivity contribution >= 4 is 0 Å². The van der Waals surface area contributed by atoms with Crippen molar-refractivity contribution in [2.24, 2.45) is 5.92 Å². The molecular weight excluding hydrogens is 168 g/mol. The van der Waals surface area contributed by atoms with Gasteiger partial charge in [-0.1, -0.05) is 44.1 Å². The Bertz CT molecular complexity index is 276. The van der Waals surface area contributed by atoms with Crippen molar-refractivity contribution in [1.29, 1.82) is 0 Å². The predicted octanol–water partition coefficient (Wildman–Crippen LogP) is 4.65. The summed E-state index contributed by atoms with van der Waals surface area (Å²) in [5.41, 5.74) is 4.46. The lowest BCUT2D eigenvalue weighted by Crippen LogP contribution is -1.96. The topological polar surface area (TPSA) is 0 Å². The average molecular weight is 190 g/mol. The van der Waals surface area contributed by atoms with Gasteiger partial charge in [-0.3, -0.25) is 0 Å². The normalized spacial score (nSPS) is 19.3. The Labute approximate surface area is 88.4 Å². The second-order valence-electron chi connectivity index (χ2n) is 4.51. The maximum Gasteiger partial charge on any atom is -0.0133 e. The van der Waals surface area contributed by atoms with E-state index in [1.54, 1.807) is 5.57 Å². The SMILES string of the molecule is CCC(C)CC1=CCC(C)=CC=C1C. The Morgan fingerprint density at radius 3 is 2.64 bits per heavy atom. The third-order valence-electron chi connectivity index (χ3n) is 3.06. The van der Waals surface area contributed by atoms with E-state index in [-0.39, 0.29) is 0 Å². The van der Waals surface area contributed by atoms with Crippen molar-refractivity contribution in [2.75, 3.05) is 0 Å². The van der Waals surface area contributed by atoms with Crippen LogP contribution in [0.2, 0.25) is 0 Å². The number of hydrogen-bond acceptors (Lipinski definition) is 0. The van der Waals surface area contributed by atoms with Gasteiger partial charge in [0.1, 0.15) is 0 Å². The molecule has 0 N–H and O–H groups in total. The molecule has 0 heterocycles. The van der Waals surface area contributed by atoms with Crippen LogP contribution in [0.5, 0.6) is 0 Å². The molecular formula is C14H22. The first-order valence-electron chi connectivity index (χ1n) is 5.67. The van der Waals surface area contributed by atoms with Crippen molar-refractivity contribution in [3.8, 4) is 0 Å². The Balaban J connectivity index is 2.70. The highest BCUT2D eigenvalue weighted by Crippen LogP contribution is 2.24. The summed E-state index contributed by atoms with van der Waals surface area (Å²) < 4.78 is 0. The summed E-state index contributed by atoms with van der Waals surface area (Å²) in [4.78, 5) is 0. The Hall–Kier alpha value is -0.780. The lowest BCUT2D eigenvalue weighted by molar-refractivity contribution is 0.559. The number of hydrogen-bond donors (Lipinski definition) is 0. The van der Waals surface area contributed by atoms with E-state index in [4.69, 9.17) is 0 Å². The predicted molar refractivity (Wildman–Crippen MR) is 64.3 cm³/mol. The molecule has 0 aromatic rings. The molecule has 14 heavy (non-hydrogen) atoms. The van der Waals surface area contributed by atoms with Crippen LogP contribution >= 0.6 is 0 Å². The van der Waals surface area contributed by atoms with E-state index in [1.807, 2.05) is 0 Å². The van der Waals surface area contributed by atoms with Gasteiger partial charge in [-0.2, -0.15) is 0 Å². The zero-order chi connectivity index (χ0) is 10.6. The fraction of sp³-hybridized carbons (Fsp3) is 0.571. The van der Waals surface area contributed by atoms with Gasteiger partial charge in [0, 0.05) is 0 Å². The van der Waals surface area contributed by atoms with Crippen molar-refractivity contribution < 1.29 is 0 Å².